The molecule has 1 heterocycles. The van der Waals surface area contributed by atoms with Crippen LogP contribution in [-0.4, -0.2) is 15.7 Å². The Morgan fingerprint density at radius 1 is 1.30 bits per heavy atom. The summed E-state index contributed by atoms with van der Waals surface area (Å²) in [6.45, 7) is 5.62. The van der Waals surface area contributed by atoms with Gasteiger partial charge >= 0.3 is 0 Å². The van der Waals surface area contributed by atoms with Crippen LogP contribution in [0.5, 0.6) is 0 Å². The van der Waals surface area contributed by atoms with Crippen LogP contribution in [0.1, 0.15) is 37.2 Å². The summed E-state index contributed by atoms with van der Waals surface area (Å²) in [5.41, 5.74) is 1.87. The van der Waals surface area contributed by atoms with Crippen LogP contribution in [0.4, 0.5) is 0 Å². The maximum atomic E-state index is 12.3. The van der Waals surface area contributed by atoms with E-state index in [4.69, 9.17) is 11.6 Å². The second kappa shape index (κ2) is 6.09. The standard InChI is InChI=1S/C15H18ClN3O/c1-10(13-7-5-4-6-8-13)18-15(20)12(3)19-11(2)14(16)9-17-19/h4-10,12H,1-3H3,(H,18,20). The zero-order valence-electron chi connectivity index (χ0n) is 11.8. The monoisotopic (exact) mass is 291 g/mol. The van der Waals surface area contributed by atoms with Crippen molar-refractivity contribution in [3.05, 3.63) is 52.8 Å². The molecule has 1 N–H and O–H groups in total. The van der Waals surface area contributed by atoms with Gasteiger partial charge < -0.3 is 5.32 Å². The Kier molecular flexibility index (Phi) is 4.45. The molecule has 1 aromatic heterocycles. The second-order valence-electron chi connectivity index (χ2n) is 4.84. The van der Waals surface area contributed by atoms with Crippen molar-refractivity contribution in [1.82, 2.24) is 15.1 Å². The number of halogens is 1. The zero-order chi connectivity index (χ0) is 14.7. The molecule has 1 aromatic carbocycles. The minimum Gasteiger partial charge on any atom is -0.348 e. The Morgan fingerprint density at radius 2 is 1.95 bits per heavy atom. The van der Waals surface area contributed by atoms with Gasteiger partial charge in [-0.1, -0.05) is 41.9 Å². The third-order valence-corrected chi connectivity index (χ3v) is 3.76. The van der Waals surface area contributed by atoms with Crippen LogP contribution in [0.3, 0.4) is 0 Å². The minimum atomic E-state index is -0.395. The van der Waals surface area contributed by atoms with Gasteiger partial charge in [-0.2, -0.15) is 5.10 Å². The van der Waals surface area contributed by atoms with E-state index in [-0.39, 0.29) is 11.9 Å². The van der Waals surface area contributed by atoms with Gasteiger partial charge in [-0.15, -0.1) is 0 Å². The molecule has 0 aliphatic carbocycles. The number of carbonyl (C=O) groups is 1. The highest BCUT2D eigenvalue weighted by molar-refractivity contribution is 6.31. The average molecular weight is 292 g/mol. The van der Waals surface area contributed by atoms with Gasteiger partial charge in [0, 0.05) is 0 Å². The predicted octanol–water partition coefficient (Wildman–Crippen LogP) is 3.28. The quantitative estimate of drug-likeness (QED) is 0.939. The second-order valence-corrected chi connectivity index (χ2v) is 5.25. The highest BCUT2D eigenvalue weighted by atomic mass is 35.5. The number of rotatable bonds is 4. The molecular weight excluding hydrogens is 274 g/mol. The van der Waals surface area contributed by atoms with E-state index >= 15 is 0 Å². The smallest absolute Gasteiger partial charge is 0.245 e. The Morgan fingerprint density at radius 3 is 2.50 bits per heavy atom. The number of nitrogens with one attached hydrogen (secondary N) is 1. The van der Waals surface area contributed by atoms with Crippen molar-refractivity contribution >= 4 is 17.5 Å². The Balaban J connectivity index is 2.07. The number of hydrogen-bond acceptors (Lipinski definition) is 2. The number of benzene rings is 1. The summed E-state index contributed by atoms with van der Waals surface area (Å²) < 4.78 is 1.63. The molecule has 4 nitrogen and oxygen atoms in total. The number of nitrogens with zero attached hydrogens (tertiary/aromatic N) is 2. The SMILES string of the molecule is Cc1c(Cl)cnn1C(C)C(=O)NC(C)c1ccccc1. The zero-order valence-corrected chi connectivity index (χ0v) is 12.6. The predicted molar refractivity (Wildman–Crippen MR) is 79.7 cm³/mol. The van der Waals surface area contributed by atoms with Crippen molar-refractivity contribution in [1.29, 1.82) is 0 Å². The lowest BCUT2D eigenvalue weighted by Gasteiger charge is -2.19. The molecule has 0 radical (unpaired) electrons. The van der Waals surface area contributed by atoms with Crippen LogP contribution in [0.25, 0.3) is 0 Å². The number of amides is 1. The Labute approximate surface area is 123 Å². The number of carbonyl (C=O) groups excluding carboxylic acids is 1. The number of aromatic nitrogens is 2. The van der Waals surface area contributed by atoms with E-state index in [0.717, 1.165) is 11.3 Å². The molecule has 2 atom stereocenters. The highest BCUT2D eigenvalue weighted by Gasteiger charge is 2.20. The molecular formula is C15H18ClN3O. The third-order valence-electron chi connectivity index (χ3n) is 3.39. The van der Waals surface area contributed by atoms with Gasteiger partial charge in [-0.3, -0.25) is 9.48 Å². The maximum absolute atomic E-state index is 12.3. The van der Waals surface area contributed by atoms with E-state index in [1.807, 2.05) is 51.1 Å². The first-order chi connectivity index (χ1) is 9.50. The largest absolute Gasteiger partial charge is 0.348 e. The molecule has 1 amide bonds. The third kappa shape index (κ3) is 3.02. The molecule has 2 unspecified atom stereocenters. The Hall–Kier alpha value is -1.81. The molecule has 0 saturated carbocycles. The highest BCUT2D eigenvalue weighted by Crippen LogP contribution is 2.19. The van der Waals surface area contributed by atoms with Crippen LogP contribution in [0.2, 0.25) is 5.02 Å². The first kappa shape index (κ1) is 14.6. The van der Waals surface area contributed by atoms with Gasteiger partial charge in [-0.05, 0) is 26.3 Å². The van der Waals surface area contributed by atoms with Gasteiger partial charge in [0.25, 0.3) is 0 Å². The summed E-state index contributed by atoms with van der Waals surface area (Å²) in [6.07, 6.45) is 1.56. The first-order valence-electron chi connectivity index (χ1n) is 6.55. The minimum absolute atomic E-state index is 0.0440. The molecule has 0 spiro atoms. The molecule has 0 aliphatic rings. The molecule has 2 aromatic rings. The fourth-order valence-electron chi connectivity index (χ4n) is 2.06. The van der Waals surface area contributed by atoms with Gasteiger partial charge in [0.05, 0.1) is 23.0 Å². The summed E-state index contributed by atoms with van der Waals surface area (Å²) in [4.78, 5) is 12.3. The van der Waals surface area contributed by atoms with Crippen molar-refractivity contribution in [3.63, 3.8) is 0 Å². The summed E-state index contributed by atoms with van der Waals surface area (Å²) in [5.74, 6) is -0.0794. The molecule has 5 heteroatoms. The fourth-order valence-corrected chi connectivity index (χ4v) is 2.19. The van der Waals surface area contributed by atoms with Crippen LogP contribution in [0.15, 0.2) is 36.5 Å². The topological polar surface area (TPSA) is 46.9 Å². The van der Waals surface area contributed by atoms with Gasteiger partial charge in [-0.25, -0.2) is 0 Å². The normalized spacial score (nSPS) is 13.8. The maximum Gasteiger partial charge on any atom is 0.245 e. The van der Waals surface area contributed by atoms with Crippen molar-refractivity contribution in [2.24, 2.45) is 0 Å². The molecule has 0 saturated heterocycles. The average Bonchev–Trinajstić information content (AvgIpc) is 2.79. The summed E-state index contributed by atoms with van der Waals surface area (Å²) in [7, 11) is 0. The first-order valence-corrected chi connectivity index (χ1v) is 6.93. The van der Waals surface area contributed by atoms with E-state index in [0.29, 0.717) is 5.02 Å². The van der Waals surface area contributed by atoms with Crippen LogP contribution in [0, 0.1) is 6.92 Å². The molecule has 0 bridgehead atoms. The molecule has 0 aliphatic heterocycles. The van der Waals surface area contributed by atoms with E-state index in [9.17, 15) is 4.79 Å². The van der Waals surface area contributed by atoms with Gasteiger partial charge in [0.2, 0.25) is 5.91 Å². The number of hydrogen-bond donors (Lipinski definition) is 1. The summed E-state index contributed by atoms with van der Waals surface area (Å²) in [5, 5.41) is 7.70. The van der Waals surface area contributed by atoms with Crippen LogP contribution >= 0.6 is 11.6 Å². The van der Waals surface area contributed by atoms with E-state index in [2.05, 4.69) is 10.4 Å². The van der Waals surface area contributed by atoms with E-state index < -0.39 is 6.04 Å². The molecule has 106 valence electrons. The fraction of sp³-hybridized carbons (Fsp3) is 0.333. The Bertz CT molecular complexity index is 594. The van der Waals surface area contributed by atoms with E-state index in [1.54, 1.807) is 10.9 Å². The summed E-state index contributed by atoms with van der Waals surface area (Å²) >= 11 is 5.96. The van der Waals surface area contributed by atoms with Gasteiger partial charge in [0.15, 0.2) is 0 Å². The lowest BCUT2D eigenvalue weighted by Crippen LogP contribution is -2.33. The van der Waals surface area contributed by atoms with E-state index in [1.165, 1.54) is 0 Å². The van der Waals surface area contributed by atoms with Gasteiger partial charge in [0.1, 0.15) is 6.04 Å². The van der Waals surface area contributed by atoms with Crippen molar-refractivity contribution in [3.8, 4) is 0 Å². The summed E-state index contributed by atoms with van der Waals surface area (Å²) in [6, 6.07) is 9.41. The lowest BCUT2D eigenvalue weighted by atomic mass is 10.1. The lowest BCUT2D eigenvalue weighted by molar-refractivity contribution is -0.124. The van der Waals surface area contributed by atoms with Crippen molar-refractivity contribution in [2.75, 3.05) is 0 Å². The van der Waals surface area contributed by atoms with Crippen molar-refractivity contribution < 1.29 is 4.79 Å². The van der Waals surface area contributed by atoms with Crippen LogP contribution in [-0.2, 0) is 4.79 Å². The molecule has 2 rings (SSSR count). The van der Waals surface area contributed by atoms with Crippen molar-refractivity contribution in [2.45, 2.75) is 32.9 Å². The molecule has 0 fully saturated rings. The van der Waals surface area contributed by atoms with Crippen LogP contribution < -0.4 is 5.32 Å². The molecule has 20 heavy (non-hydrogen) atoms.